The van der Waals surface area contributed by atoms with Crippen LogP contribution in [0.2, 0.25) is 0 Å². The number of rotatable bonds is 4. The van der Waals surface area contributed by atoms with Gasteiger partial charge in [0, 0.05) is 12.1 Å². The maximum atomic E-state index is 12.3. The van der Waals surface area contributed by atoms with Crippen molar-refractivity contribution in [2.24, 2.45) is 0 Å². The molecular weight excluding hydrogens is 318 g/mol. The molecule has 0 spiro atoms. The van der Waals surface area contributed by atoms with Crippen molar-refractivity contribution in [1.82, 2.24) is 9.88 Å². The number of anilines is 1. The predicted molar refractivity (Wildman–Crippen MR) is 81.4 cm³/mol. The summed E-state index contributed by atoms with van der Waals surface area (Å²) in [7, 11) is 0. The van der Waals surface area contributed by atoms with Crippen molar-refractivity contribution in [3.63, 3.8) is 0 Å². The zero-order valence-electron chi connectivity index (χ0n) is 12.1. The Morgan fingerprint density at radius 1 is 1.21 bits per heavy atom. The number of hydrogen-bond donors (Lipinski definition) is 3. The zero-order chi connectivity index (χ0) is 17.4. The molecule has 1 aliphatic heterocycles. The van der Waals surface area contributed by atoms with E-state index in [4.69, 9.17) is 15.6 Å². The number of carbonyl (C=O) groups is 3. The van der Waals surface area contributed by atoms with Crippen molar-refractivity contribution in [3.05, 3.63) is 51.8 Å². The predicted octanol–water partition coefficient (Wildman–Crippen LogP) is -0.233. The summed E-state index contributed by atoms with van der Waals surface area (Å²) in [6, 6.07) is 7.01. The Kier molecular flexibility index (Phi) is 3.53. The average molecular weight is 329 g/mol. The fraction of sp³-hybridized carbons (Fsp3) is 0.0667. The Balaban J connectivity index is 2.11. The van der Waals surface area contributed by atoms with Crippen LogP contribution in [0.4, 0.5) is 5.82 Å². The first-order chi connectivity index (χ1) is 11.4. The number of carbonyl (C=O) groups excluding carboxylic acids is 2. The smallest absolute Gasteiger partial charge is 0.341 e. The number of carboxylic acid groups (broad SMARTS) is 1. The maximum absolute atomic E-state index is 12.3. The number of nitrogens with two attached hydrogens (primary N) is 1. The largest absolute Gasteiger partial charge is 0.482 e. The highest BCUT2D eigenvalue weighted by atomic mass is 16.5. The van der Waals surface area contributed by atoms with Crippen LogP contribution in [0.25, 0.3) is 5.69 Å². The van der Waals surface area contributed by atoms with E-state index < -0.39 is 29.9 Å². The first kappa shape index (κ1) is 15.3. The molecule has 4 N–H and O–H groups in total. The molecule has 122 valence electrons. The van der Waals surface area contributed by atoms with E-state index in [2.05, 4.69) is 5.32 Å². The van der Waals surface area contributed by atoms with Gasteiger partial charge in [-0.1, -0.05) is 6.07 Å². The number of carboxylic acids is 1. The third kappa shape index (κ3) is 2.47. The van der Waals surface area contributed by atoms with Crippen molar-refractivity contribution in [2.75, 3.05) is 12.3 Å². The Bertz CT molecular complexity index is 947. The fourth-order valence-corrected chi connectivity index (χ4v) is 2.40. The van der Waals surface area contributed by atoms with Gasteiger partial charge in [0.15, 0.2) is 6.61 Å². The van der Waals surface area contributed by atoms with Crippen LogP contribution in [0.15, 0.2) is 35.1 Å². The molecule has 1 aromatic heterocycles. The van der Waals surface area contributed by atoms with Gasteiger partial charge in [0.25, 0.3) is 17.4 Å². The van der Waals surface area contributed by atoms with E-state index in [-0.39, 0.29) is 28.4 Å². The first-order valence-corrected chi connectivity index (χ1v) is 6.74. The molecule has 24 heavy (non-hydrogen) atoms. The van der Waals surface area contributed by atoms with Crippen LogP contribution in [0.3, 0.4) is 0 Å². The normalized spacial score (nSPS) is 12.7. The minimum atomic E-state index is -1.15. The minimum Gasteiger partial charge on any atom is -0.482 e. The molecule has 0 aliphatic carbocycles. The number of nitrogen functional groups attached to an aromatic ring is 1. The molecule has 2 aromatic rings. The number of imide groups is 1. The van der Waals surface area contributed by atoms with E-state index in [1.807, 2.05) is 0 Å². The lowest BCUT2D eigenvalue weighted by atomic mass is 10.1. The first-order valence-electron chi connectivity index (χ1n) is 6.74. The number of fused-ring (bicyclic) bond motifs is 1. The van der Waals surface area contributed by atoms with E-state index in [1.165, 1.54) is 24.3 Å². The number of aliphatic carboxylic acids is 1. The van der Waals surface area contributed by atoms with Crippen LogP contribution >= 0.6 is 0 Å². The molecule has 2 heterocycles. The lowest BCUT2D eigenvalue weighted by Crippen LogP contribution is -2.24. The van der Waals surface area contributed by atoms with Gasteiger partial charge in [-0.25, -0.2) is 4.79 Å². The molecule has 2 amide bonds. The highest BCUT2D eigenvalue weighted by molar-refractivity contribution is 6.23. The molecule has 1 aliphatic rings. The van der Waals surface area contributed by atoms with Gasteiger partial charge in [0.1, 0.15) is 11.6 Å². The Labute approximate surface area is 134 Å². The lowest BCUT2D eigenvalue weighted by Gasteiger charge is -2.13. The number of pyridine rings is 1. The summed E-state index contributed by atoms with van der Waals surface area (Å²) in [5, 5.41) is 10.7. The van der Waals surface area contributed by atoms with Gasteiger partial charge >= 0.3 is 5.97 Å². The van der Waals surface area contributed by atoms with Gasteiger partial charge in [-0.2, -0.15) is 0 Å². The summed E-state index contributed by atoms with van der Waals surface area (Å²) in [6.07, 6.45) is 0. The van der Waals surface area contributed by atoms with E-state index in [9.17, 15) is 19.2 Å². The number of benzene rings is 1. The SMILES string of the molecule is Nc1c2c(cc(=O)n1-c1cccc(OCC(=O)O)c1)C(=O)NC2=O. The van der Waals surface area contributed by atoms with Crippen LogP contribution < -0.4 is 21.3 Å². The van der Waals surface area contributed by atoms with Crippen molar-refractivity contribution in [2.45, 2.75) is 0 Å². The highest BCUT2D eigenvalue weighted by Crippen LogP contribution is 2.24. The summed E-state index contributed by atoms with van der Waals surface area (Å²) in [5.41, 5.74) is 5.43. The molecule has 0 unspecified atom stereocenters. The molecule has 0 saturated heterocycles. The molecule has 0 saturated carbocycles. The summed E-state index contributed by atoms with van der Waals surface area (Å²) >= 11 is 0. The van der Waals surface area contributed by atoms with Gasteiger partial charge in [0.2, 0.25) is 0 Å². The second-order valence-electron chi connectivity index (χ2n) is 4.95. The topological polar surface area (TPSA) is 141 Å². The third-order valence-corrected chi connectivity index (χ3v) is 3.39. The molecule has 3 rings (SSSR count). The van der Waals surface area contributed by atoms with Crippen molar-refractivity contribution in [1.29, 1.82) is 0 Å². The van der Waals surface area contributed by atoms with Gasteiger partial charge in [0.05, 0.1) is 16.8 Å². The number of aromatic nitrogens is 1. The van der Waals surface area contributed by atoms with Gasteiger partial charge in [-0.05, 0) is 12.1 Å². The van der Waals surface area contributed by atoms with Crippen molar-refractivity contribution >= 4 is 23.6 Å². The average Bonchev–Trinajstić information content (AvgIpc) is 2.80. The Hall–Kier alpha value is -3.62. The molecule has 0 radical (unpaired) electrons. The van der Waals surface area contributed by atoms with Crippen molar-refractivity contribution < 1.29 is 24.2 Å². The second kappa shape index (κ2) is 5.54. The number of hydrogen-bond acceptors (Lipinski definition) is 6. The quantitative estimate of drug-likeness (QED) is 0.658. The summed E-state index contributed by atoms with van der Waals surface area (Å²) in [4.78, 5) is 46.3. The number of ether oxygens (including phenoxy) is 1. The van der Waals surface area contributed by atoms with Crippen LogP contribution in [0, 0.1) is 0 Å². The maximum Gasteiger partial charge on any atom is 0.341 e. The molecular formula is C15H11N3O6. The number of amides is 2. The standard InChI is InChI=1S/C15H11N3O6/c16-13-12-9(14(22)17-15(12)23)5-10(19)18(13)7-2-1-3-8(4-7)24-6-11(20)21/h1-5H,6,16H2,(H,20,21)(H,17,22,23). The summed E-state index contributed by atoms with van der Waals surface area (Å²) in [5.74, 6) is -2.48. The molecule has 0 bridgehead atoms. The van der Waals surface area contributed by atoms with Crippen LogP contribution in [-0.2, 0) is 4.79 Å². The van der Waals surface area contributed by atoms with Crippen molar-refractivity contribution in [3.8, 4) is 11.4 Å². The van der Waals surface area contributed by atoms with Crippen LogP contribution in [0.1, 0.15) is 20.7 Å². The second-order valence-corrected chi connectivity index (χ2v) is 4.95. The van der Waals surface area contributed by atoms with Crippen LogP contribution in [-0.4, -0.2) is 34.1 Å². The fourth-order valence-electron chi connectivity index (χ4n) is 2.40. The van der Waals surface area contributed by atoms with E-state index >= 15 is 0 Å². The zero-order valence-corrected chi connectivity index (χ0v) is 12.1. The lowest BCUT2D eigenvalue weighted by molar-refractivity contribution is -0.139. The van der Waals surface area contributed by atoms with E-state index in [1.54, 1.807) is 0 Å². The molecule has 9 nitrogen and oxygen atoms in total. The Morgan fingerprint density at radius 3 is 2.67 bits per heavy atom. The Morgan fingerprint density at radius 2 is 1.96 bits per heavy atom. The molecule has 0 fully saturated rings. The van der Waals surface area contributed by atoms with E-state index in [0.717, 1.165) is 10.6 Å². The summed E-state index contributed by atoms with van der Waals surface area (Å²) in [6.45, 7) is -0.547. The number of nitrogens with zero attached hydrogens (tertiary/aromatic N) is 1. The van der Waals surface area contributed by atoms with Gasteiger partial charge in [-0.3, -0.25) is 24.3 Å². The summed E-state index contributed by atoms with van der Waals surface area (Å²) < 4.78 is 6.10. The minimum absolute atomic E-state index is 0.0722. The highest BCUT2D eigenvalue weighted by Gasteiger charge is 2.31. The third-order valence-electron chi connectivity index (χ3n) is 3.39. The molecule has 1 aromatic carbocycles. The molecule has 9 heteroatoms. The van der Waals surface area contributed by atoms with E-state index in [0.29, 0.717) is 0 Å². The van der Waals surface area contributed by atoms with Crippen LogP contribution in [0.5, 0.6) is 5.75 Å². The monoisotopic (exact) mass is 329 g/mol. The molecule has 0 atom stereocenters. The van der Waals surface area contributed by atoms with Gasteiger partial charge < -0.3 is 15.6 Å². The van der Waals surface area contributed by atoms with Gasteiger partial charge in [-0.15, -0.1) is 0 Å². The number of nitrogens with one attached hydrogen (secondary N) is 1.